The molecule has 19 heavy (non-hydrogen) atoms. The molecule has 1 unspecified atom stereocenters. The molecule has 0 aliphatic carbocycles. The minimum absolute atomic E-state index is 0.178. The zero-order valence-corrected chi connectivity index (χ0v) is 11.9. The summed E-state index contributed by atoms with van der Waals surface area (Å²) in [5, 5.41) is 14.2. The van der Waals surface area contributed by atoms with Crippen LogP contribution in [0.25, 0.3) is 0 Å². The number of nitrogens with zero attached hydrogens (tertiary/aromatic N) is 2. The van der Waals surface area contributed by atoms with E-state index in [9.17, 15) is 10.1 Å². The van der Waals surface area contributed by atoms with E-state index in [4.69, 9.17) is 4.74 Å². The van der Waals surface area contributed by atoms with Crippen molar-refractivity contribution in [2.45, 2.75) is 32.7 Å². The van der Waals surface area contributed by atoms with Gasteiger partial charge in [0.25, 0.3) is 5.69 Å². The molecule has 1 aromatic heterocycles. The van der Waals surface area contributed by atoms with Gasteiger partial charge in [0, 0.05) is 30.5 Å². The summed E-state index contributed by atoms with van der Waals surface area (Å²) in [6.45, 7) is 4.09. The molecule has 1 aromatic rings. The molecule has 1 atom stereocenters. The van der Waals surface area contributed by atoms with Crippen molar-refractivity contribution < 1.29 is 9.66 Å². The molecule has 106 valence electrons. The van der Waals surface area contributed by atoms with Gasteiger partial charge in [-0.2, -0.15) is 0 Å². The highest BCUT2D eigenvalue weighted by Crippen LogP contribution is 2.24. The van der Waals surface area contributed by atoms with E-state index in [2.05, 4.69) is 10.3 Å². The number of aryl methyl sites for hydroxylation is 2. The van der Waals surface area contributed by atoms with Gasteiger partial charge in [0.15, 0.2) is 0 Å². The molecule has 0 bridgehead atoms. The molecule has 0 amide bonds. The summed E-state index contributed by atoms with van der Waals surface area (Å²) in [5.74, 6) is 0. The lowest BCUT2D eigenvalue weighted by molar-refractivity contribution is -0.386. The maximum absolute atomic E-state index is 11.0. The van der Waals surface area contributed by atoms with E-state index in [1.54, 1.807) is 27.2 Å². The molecule has 1 heterocycles. The molecule has 1 rings (SSSR count). The van der Waals surface area contributed by atoms with E-state index >= 15 is 0 Å². The highest BCUT2D eigenvalue weighted by Gasteiger charge is 2.19. The summed E-state index contributed by atoms with van der Waals surface area (Å²) in [4.78, 5) is 15.0. The lowest BCUT2D eigenvalue weighted by Gasteiger charge is -2.15. The van der Waals surface area contributed by atoms with E-state index < -0.39 is 0 Å². The number of pyridine rings is 1. The summed E-state index contributed by atoms with van der Waals surface area (Å²) in [6.07, 6.45) is 3.10. The molecule has 0 saturated heterocycles. The lowest BCUT2D eigenvalue weighted by atomic mass is 10.0. The first-order valence-corrected chi connectivity index (χ1v) is 6.26. The number of rotatable bonds is 7. The van der Waals surface area contributed by atoms with Crippen molar-refractivity contribution in [1.29, 1.82) is 0 Å². The van der Waals surface area contributed by atoms with Crippen LogP contribution in [0.3, 0.4) is 0 Å². The first-order chi connectivity index (χ1) is 9.01. The van der Waals surface area contributed by atoms with E-state index in [0.717, 1.165) is 12.1 Å². The number of aromatic nitrogens is 1. The van der Waals surface area contributed by atoms with Crippen molar-refractivity contribution in [1.82, 2.24) is 10.3 Å². The van der Waals surface area contributed by atoms with Crippen LogP contribution >= 0.6 is 0 Å². The SMILES string of the molecule is CNC(CCc1ncc(C)c([N+](=O)[O-])c1C)COC. The predicted octanol–water partition coefficient (Wildman–Crippen LogP) is 1.77. The third kappa shape index (κ3) is 3.97. The second kappa shape index (κ2) is 7.16. The number of hydrogen-bond donors (Lipinski definition) is 1. The zero-order valence-electron chi connectivity index (χ0n) is 11.9. The van der Waals surface area contributed by atoms with Crippen molar-refractivity contribution in [2.75, 3.05) is 20.8 Å². The van der Waals surface area contributed by atoms with E-state index in [0.29, 0.717) is 24.2 Å². The maximum atomic E-state index is 11.0. The summed E-state index contributed by atoms with van der Waals surface area (Å²) in [7, 11) is 3.53. The molecular weight excluding hydrogens is 246 g/mol. The molecule has 1 N–H and O–H groups in total. The topological polar surface area (TPSA) is 77.3 Å². The van der Waals surface area contributed by atoms with Crippen LogP contribution in [0.4, 0.5) is 5.69 Å². The number of nitrogens with one attached hydrogen (secondary N) is 1. The number of hydrogen-bond acceptors (Lipinski definition) is 5. The molecule has 0 saturated carbocycles. The monoisotopic (exact) mass is 267 g/mol. The van der Waals surface area contributed by atoms with Crippen LogP contribution in [0, 0.1) is 24.0 Å². The molecule has 6 heteroatoms. The van der Waals surface area contributed by atoms with Crippen LogP contribution in [0.5, 0.6) is 0 Å². The Morgan fingerprint density at radius 1 is 1.53 bits per heavy atom. The average molecular weight is 267 g/mol. The van der Waals surface area contributed by atoms with Crippen LogP contribution in [0.15, 0.2) is 6.20 Å². The first kappa shape index (κ1) is 15.5. The smallest absolute Gasteiger partial charge is 0.278 e. The molecule has 0 aliphatic rings. The number of ether oxygens (including phenoxy) is 1. The molecule has 0 aliphatic heterocycles. The van der Waals surface area contributed by atoms with E-state index in [-0.39, 0.29) is 16.7 Å². The normalized spacial score (nSPS) is 12.4. The van der Waals surface area contributed by atoms with Gasteiger partial charge in [0.2, 0.25) is 0 Å². The highest BCUT2D eigenvalue weighted by molar-refractivity contribution is 5.47. The molecular formula is C13H21N3O3. The standard InChI is InChI=1S/C13H21N3O3/c1-9-7-15-12(10(2)13(9)16(17)18)6-5-11(14-3)8-19-4/h7,11,14H,5-6,8H2,1-4H3. The van der Waals surface area contributed by atoms with Crippen LogP contribution in [-0.2, 0) is 11.2 Å². The number of methoxy groups -OCH3 is 1. The quantitative estimate of drug-likeness (QED) is 0.602. The summed E-state index contributed by atoms with van der Waals surface area (Å²) < 4.78 is 5.10. The Kier molecular flexibility index (Phi) is 5.85. The highest BCUT2D eigenvalue weighted by atomic mass is 16.6. The number of nitro groups is 1. The van der Waals surface area contributed by atoms with Gasteiger partial charge < -0.3 is 10.1 Å². The third-order valence-corrected chi connectivity index (χ3v) is 3.26. The van der Waals surface area contributed by atoms with Crippen molar-refractivity contribution >= 4 is 5.69 Å². The van der Waals surface area contributed by atoms with Gasteiger partial charge in [0.05, 0.1) is 17.2 Å². The van der Waals surface area contributed by atoms with Crippen LogP contribution < -0.4 is 5.32 Å². The van der Waals surface area contributed by atoms with Gasteiger partial charge in [-0.25, -0.2) is 0 Å². The fraction of sp³-hybridized carbons (Fsp3) is 0.615. The molecule has 0 spiro atoms. The fourth-order valence-corrected chi connectivity index (χ4v) is 2.12. The third-order valence-electron chi connectivity index (χ3n) is 3.26. The summed E-state index contributed by atoms with van der Waals surface area (Å²) in [5.41, 5.74) is 2.23. The Labute approximate surface area is 113 Å². The van der Waals surface area contributed by atoms with Gasteiger partial charge in [-0.3, -0.25) is 15.1 Å². The first-order valence-electron chi connectivity index (χ1n) is 6.26. The van der Waals surface area contributed by atoms with Crippen molar-refractivity contribution in [2.24, 2.45) is 0 Å². The van der Waals surface area contributed by atoms with Crippen molar-refractivity contribution in [3.63, 3.8) is 0 Å². The van der Waals surface area contributed by atoms with Gasteiger partial charge in [-0.1, -0.05) is 0 Å². The fourth-order valence-electron chi connectivity index (χ4n) is 2.12. The minimum atomic E-state index is -0.333. The lowest BCUT2D eigenvalue weighted by Crippen LogP contribution is -2.30. The average Bonchev–Trinajstić information content (AvgIpc) is 2.36. The van der Waals surface area contributed by atoms with Crippen molar-refractivity contribution in [3.05, 3.63) is 33.1 Å². The maximum Gasteiger partial charge on any atom is 0.278 e. The Hall–Kier alpha value is -1.53. The van der Waals surface area contributed by atoms with Crippen LogP contribution in [0.1, 0.15) is 23.2 Å². The Morgan fingerprint density at radius 2 is 2.21 bits per heavy atom. The van der Waals surface area contributed by atoms with Gasteiger partial charge >= 0.3 is 0 Å². The van der Waals surface area contributed by atoms with Gasteiger partial charge in [-0.05, 0) is 33.7 Å². The van der Waals surface area contributed by atoms with E-state index in [1.165, 1.54) is 0 Å². The van der Waals surface area contributed by atoms with Gasteiger partial charge in [0.1, 0.15) is 0 Å². The second-order valence-corrected chi connectivity index (χ2v) is 4.60. The predicted molar refractivity (Wildman–Crippen MR) is 73.4 cm³/mol. The van der Waals surface area contributed by atoms with Crippen LogP contribution in [0.2, 0.25) is 0 Å². The second-order valence-electron chi connectivity index (χ2n) is 4.60. The zero-order chi connectivity index (χ0) is 14.4. The van der Waals surface area contributed by atoms with E-state index in [1.807, 2.05) is 7.05 Å². The Morgan fingerprint density at radius 3 is 2.74 bits per heavy atom. The largest absolute Gasteiger partial charge is 0.383 e. The van der Waals surface area contributed by atoms with Crippen molar-refractivity contribution in [3.8, 4) is 0 Å². The molecule has 6 nitrogen and oxygen atoms in total. The molecule has 0 fully saturated rings. The van der Waals surface area contributed by atoms with Gasteiger partial charge in [-0.15, -0.1) is 0 Å². The minimum Gasteiger partial charge on any atom is -0.383 e. The Bertz CT molecular complexity index is 449. The molecule has 0 aromatic carbocycles. The summed E-state index contributed by atoms with van der Waals surface area (Å²) in [6, 6.07) is 0.228. The number of likely N-dealkylation sites (N-methyl/N-ethyl adjacent to an activating group) is 1. The molecule has 0 radical (unpaired) electrons. The van der Waals surface area contributed by atoms with Crippen LogP contribution in [-0.4, -0.2) is 36.7 Å². The Balaban J connectivity index is 2.85. The summed E-state index contributed by atoms with van der Waals surface area (Å²) >= 11 is 0.